The molecule has 1 fully saturated rings. The van der Waals surface area contributed by atoms with Gasteiger partial charge >= 0.3 is 5.97 Å². The molecule has 1 amide bonds. The van der Waals surface area contributed by atoms with E-state index < -0.39 is 23.4 Å². The van der Waals surface area contributed by atoms with E-state index in [-0.39, 0.29) is 17.1 Å². The normalized spacial score (nSPS) is 13.1. The van der Waals surface area contributed by atoms with Crippen LogP contribution in [-0.2, 0) is 9.53 Å². The Bertz CT molecular complexity index is 945. The Labute approximate surface area is 161 Å². The van der Waals surface area contributed by atoms with Crippen LogP contribution >= 0.6 is 0 Å². The first-order valence-corrected chi connectivity index (χ1v) is 8.79. The predicted octanol–water partition coefficient (Wildman–Crippen LogP) is 3.15. The first kappa shape index (κ1) is 19.4. The van der Waals surface area contributed by atoms with E-state index in [0.717, 1.165) is 24.2 Å². The molecule has 1 aromatic heterocycles. The summed E-state index contributed by atoms with van der Waals surface area (Å²) >= 11 is 0. The van der Waals surface area contributed by atoms with E-state index in [1.54, 1.807) is 6.07 Å². The largest absolute Gasteiger partial charge is 0.494 e. The highest BCUT2D eigenvalue weighted by Crippen LogP contribution is 2.38. The lowest BCUT2D eigenvalue weighted by atomic mass is 10.2. The molecule has 1 N–H and O–H groups in total. The Morgan fingerprint density at radius 3 is 2.61 bits per heavy atom. The number of nitrogens with one attached hydrogen (secondary N) is 1. The molecule has 3 rings (SSSR count). The third-order valence-electron chi connectivity index (χ3n) is 4.62. The van der Waals surface area contributed by atoms with Gasteiger partial charge in [-0.15, -0.1) is 0 Å². The minimum Gasteiger partial charge on any atom is -0.494 e. The van der Waals surface area contributed by atoms with Crippen LogP contribution in [0.15, 0.2) is 24.3 Å². The Kier molecular flexibility index (Phi) is 5.34. The van der Waals surface area contributed by atoms with E-state index in [0.29, 0.717) is 11.6 Å². The maximum absolute atomic E-state index is 12.4. The minimum absolute atomic E-state index is 0.141. The van der Waals surface area contributed by atoms with Crippen molar-refractivity contribution in [2.75, 3.05) is 19.0 Å². The highest BCUT2D eigenvalue weighted by atomic mass is 16.6. The molecule has 28 heavy (non-hydrogen) atoms. The minimum atomic E-state index is -0.573. The van der Waals surface area contributed by atoms with Crippen molar-refractivity contribution in [3.8, 4) is 5.75 Å². The second kappa shape index (κ2) is 7.71. The van der Waals surface area contributed by atoms with Gasteiger partial charge in [0, 0.05) is 23.5 Å². The average Bonchev–Trinajstić information content (AvgIpc) is 3.44. The van der Waals surface area contributed by atoms with Crippen molar-refractivity contribution in [3.63, 3.8) is 0 Å². The van der Waals surface area contributed by atoms with Gasteiger partial charge in [-0.2, -0.15) is 0 Å². The highest BCUT2D eigenvalue weighted by Gasteiger charge is 2.29. The molecule has 1 aromatic carbocycles. The Morgan fingerprint density at radius 2 is 2.00 bits per heavy atom. The molecule has 2 aromatic rings. The van der Waals surface area contributed by atoms with E-state index in [1.165, 1.54) is 25.3 Å². The maximum atomic E-state index is 12.4. The summed E-state index contributed by atoms with van der Waals surface area (Å²) in [4.78, 5) is 34.7. The van der Waals surface area contributed by atoms with Crippen molar-refractivity contribution < 1.29 is 24.0 Å². The van der Waals surface area contributed by atoms with Crippen LogP contribution in [0, 0.1) is 24.0 Å². The number of esters is 1. The lowest BCUT2D eigenvalue weighted by Gasteiger charge is -2.10. The maximum Gasteiger partial charge on any atom is 0.340 e. The third-order valence-corrected chi connectivity index (χ3v) is 4.62. The number of non-ortho nitro benzene ring substituents is 1. The zero-order chi connectivity index (χ0) is 20.4. The number of nitro groups is 1. The summed E-state index contributed by atoms with van der Waals surface area (Å²) in [5, 5.41) is 13.3. The van der Waals surface area contributed by atoms with Crippen LogP contribution < -0.4 is 10.1 Å². The summed E-state index contributed by atoms with van der Waals surface area (Å²) in [5.41, 5.74) is 2.37. The third kappa shape index (κ3) is 3.98. The molecule has 1 saturated carbocycles. The van der Waals surface area contributed by atoms with Crippen molar-refractivity contribution >= 4 is 23.3 Å². The Balaban J connectivity index is 1.62. The quantitative estimate of drug-likeness (QED) is 0.444. The van der Waals surface area contributed by atoms with Gasteiger partial charge in [0.1, 0.15) is 5.75 Å². The van der Waals surface area contributed by atoms with Crippen LogP contribution in [0.4, 0.5) is 11.4 Å². The molecule has 0 bridgehead atoms. The van der Waals surface area contributed by atoms with Crippen molar-refractivity contribution in [2.45, 2.75) is 32.7 Å². The van der Waals surface area contributed by atoms with Crippen molar-refractivity contribution in [2.24, 2.45) is 0 Å². The Hall–Kier alpha value is -3.36. The first-order valence-electron chi connectivity index (χ1n) is 8.79. The van der Waals surface area contributed by atoms with Gasteiger partial charge in [0.25, 0.3) is 11.6 Å². The zero-order valence-electron chi connectivity index (χ0n) is 15.9. The van der Waals surface area contributed by atoms with Crippen LogP contribution in [0.5, 0.6) is 5.75 Å². The second-order valence-electron chi connectivity index (χ2n) is 6.65. The van der Waals surface area contributed by atoms with Gasteiger partial charge in [-0.05, 0) is 38.8 Å². The van der Waals surface area contributed by atoms with Crippen LogP contribution in [0.2, 0.25) is 0 Å². The molecule has 9 heteroatoms. The number of nitro benzene ring substituents is 1. The monoisotopic (exact) mass is 387 g/mol. The van der Waals surface area contributed by atoms with Gasteiger partial charge in [0.15, 0.2) is 6.61 Å². The van der Waals surface area contributed by atoms with Crippen molar-refractivity contribution in [1.29, 1.82) is 0 Å². The van der Waals surface area contributed by atoms with Gasteiger partial charge < -0.3 is 19.4 Å². The van der Waals surface area contributed by atoms with Crippen molar-refractivity contribution in [1.82, 2.24) is 4.57 Å². The van der Waals surface area contributed by atoms with E-state index in [9.17, 15) is 19.7 Å². The number of aryl methyl sites for hydroxylation is 1. The molecule has 1 aliphatic rings. The molecule has 0 radical (unpaired) electrons. The van der Waals surface area contributed by atoms with Gasteiger partial charge in [-0.25, -0.2) is 4.79 Å². The summed E-state index contributed by atoms with van der Waals surface area (Å²) in [5.74, 6) is -0.996. The molecule has 0 unspecified atom stereocenters. The van der Waals surface area contributed by atoms with E-state index >= 15 is 0 Å². The van der Waals surface area contributed by atoms with Crippen LogP contribution in [0.1, 0.15) is 40.6 Å². The first-order chi connectivity index (χ1) is 13.3. The number of rotatable bonds is 7. The number of carbonyl (C=O) groups excluding carboxylic acids is 2. The molecular weight excluding hydrogens is 366 g/mol. The van der Waals surface area contributed by atoms with E-state index in [1.807, 2.05) is 13.8 Å². The fourth-order valence-electron chi connectivity index (χ4n) is 3.17. The lowest BCUT2D eigenvalue weighted by Crippen LogP contribution is -2.21. The summed E-state index contributed by atoms with van der Waals surface area (Å²) < 4.78 is 12.3. The number of hydrogen-bond acceptors (Lipinski definition) is 6. The number of benzene rings is 1. The summed E-state index contributed by atoms with van der Waals surface area (Å²) in [6.45, 7) is 3.32. The van der Waals surface area contributed by atoms with Gasteiger partial charge in [0.05, 0.1) is 29.4 Å². The highest BCUT2D eigenvalue weighted by molar-refractivity contribution is 5.97. The summed E-state index contributed by atoms with van der Waals surface area (Å²) in [6.07, 6.45) is 2.20. The second-order valence-corrected chi connectivity index (χ2v) is 6.65. The van der Waals surface area contributed by atoms with Crippen LogP contribution in [-0.4, -0.2) is 35.1 Å². The number of methoxy groups -OCH3 is 1. The lowest BCUT2D eigenvalue weighted by molar-refractivity contribution is -0.384. The number of carbonyl (C=O) groups is 2. The summed E-state index contributed by atoms with van der Waals surface area (Å²) in [6, 6.07) is 6.03. The number of aromatic nitrogens is 1. The molecular formula is C19H21N3O6. The summed E-state index contributed by atoms with van der Waals surface area (Å²) in [7, 11) is 1.34. The molecule has 9 nitrogen and oxygen atoms in total. The molecule has 0 saturated heterocycles. The molecule has 0 spiro atoms. The number of amides is 1. The van der Waals surface area contributed by atoms with Gasteiger partial charge in [-0.1, -0.05) is 0 Å². The smallest absolute Gasteiger partial charge is 0.340 e. The molecule has 1 aliphatic carbocycles. The molecule has 0 atom stereocenters. The SMILES string of the molecule is COc1cc([N+](=O)[O-])ccc1NC(=O)COC(=O)c1cc(C)n(C2CC2)c1C. The molecule has 1 heterocycles. The predicted molar refractivity (Wildman–Crippen MR) is 101 cm³/mol. The number of anilines is 1. The fourth-order valence-corrected chi connectivity index (χ4v) is 3.17. The number of nitrogens with zero attached hydrogens (tertiary/aromatic N) is 2. The average molecular weight is 387 g/mol. The number of hydrogen-bond donors (Lipinski definition) is 1. The van der Waals surface area contributed by atoms with Crippen LogP contribution in [0.3, 0.4) is 0 Å². The molecule has 0 aliphatic heterocycles. The Morgan fingerprint density at radius 1 is 1.29 bits per heavy atom. The zero-order valence-corrected chi connectivity index (χ0v) is 15.9. The van der Waals surface area contributed by atoms with Crippen molar-refractivity contribution in [3.05, 3.63) is 51.3 Å². The number of ether oxygens (including phenoxy) is 2. The van der Waals surface area contributed by atoms with Gasteiger partial charge in [0.2, 0.25) is 0 Å². The fraction of sp³-hybridized carbons (Fsp3) is 0.368. The topological polar surface area (TPSA) is 113 Å². The van der Waals surface area contributed by atoms with Crippen LogP contribution in [0.25, 0.3) is 0 Å². The molecule has 148 valence electrons. The van der Waals surface area contributed by atoms with Gasteiger partial charge in [-0.3, -0.25) is 14.9 Å². The van der Waals surface area contributed by atoms with E-state index in [4.69, 9.17) is 9.47 Å². The van der Waals surface area contributed by atoms with E-state index in [2.05, 4.69) is 9.88 Å². The standard InChI is InChI=1S/C19H21N3O6/c1-11-8-15(12(2)21(11)13-4-5-13)19(24)28-10-18(23)20-16-7-6-14(22(25)26)9-17(16)27-3/h6-9,13H,4-5,10H2,1-3H3,(H,20,23).